The summed E-state index contributed by atoms with van der Waals surface area (Å²) in [4.78, 5) is 14.2. The van der Waals surface area contributed by atoms with Crippen LogP contribution in [0.3, 0.4) is 0 Å². The van der Waals surface area contributed by atoms with Gasteiger partial charge < -0.3 is 24.8 Å². The van der Waals surface area contributed by atoms with E-state index in [9.17, 15) is 4.79 Å². The minimum Gasteiger partial charge on any atom is -0.497 e. The Bertz CT molecular complexity index is 512. The van der Waals surface area contributed by atoms with Gasteiger partial charge in [0.25, 0.3) is 0 Å². The van der Waals surface area contributed by atoms with Crippen LogP contribution < -0.4 is 15.2 Å². The van der Waals surface area contributed by atoms with Crippen molar-refractivity contribution >= 4 is 5.97 Å². The fourth-order valence-corrected chi connectivity index (χ4v) is 2.93. The highest BCUT2D eigenvalue weighted by Crippen LogP contribution is 2.37. The molecule has 1 fully saturated rings. The number of hydrogen-bond acceptors (Lipinski definition) is 6. The van der Waals surface area contributed by atoms with E-state index in [0.29, 0.717) is 24.6 Å². The summed E-state index contributed by atoms with van der Waals surface area (Å²) in [6, 6.07) is 5.56. The smallest absolute Gasteiger partial charge is 0.327 e. The highest BCUT2D eigenvalue weighted by atomic mass is 16.5. The van der Waals surface area contributed by atoms with Crippen LogP contribution in [0.25, 0.3) is 0 Å². The Labute approximate surface area is 124 Å². The predicted octanol–water partition coefficient (Wildman–Crippen LogP) is 0.603. The lowest BCUT2D eigenvalue weighted by atomic mass is 9.82. The molecule has 1 heterocycles. The van der Waals surface area contributed by atoms with Crippen LogP contribution in [0.4, 0.5) is 0 Å². The third-order valence-corrected chi connectivity index (χ3v) is 3.99. The molecule has 0 spiro atoms. The maximum absolute atomic E-state index is 12.1. The van der Waals surface area contributed by atoms with Crippen molar-refractivity contribution < 1.29 is 19.0 Å². The van der Waals surface area contributed by atoms with Gasteiger partial charge in [0.1, 0.15) is 17.0 Å². The molecule has 1 aliphatic rings. The van der Waals surface area contributed by atoms with Crippen molar-refractivity contribution in [1.82, 2.24) is 4.90 Å². The third-order valence-electron chi connectivity index (χ3n) is 3.99. The molecule has 2 N–H and O–H groups in total. The number of benzene rings is 1. The number of hydrogen-bond donors (Lipinski definition) is 1. The molecule has 21 heavy (non-hydrogen) atoms. The molecule has 1 aromatic carbocycles. The molecule has 1 saturated heterocycles. The topological polar surface area (TPSA) is 74.0 Å². The van der Waals surface area contributed by atoms with E-state index in [0.717, 1.165) is 5.56 Å². The minimum absolute atomic E-state index is 0.182. The number of likely N-dealkylation sites (tertiary alicyclic amines) is 1. The third kappa shape index (κ3) is 2.82. The number of carbonyl (C=O) groups is 1. The van der Waals surface area contributed by atoms with Crippen molar-refractivity contribution in [2.75, 3.05) is 41.5 Å². The molecule has 0 aliphatic carbocycles. The average molecular weight is 294 g/mol. The van der Waals surface area contributed by atoms with Gasteiger partial charge in [-0.2, -0.15) is 0 Å². The average Bonchev–Trinajstić information content (AvgIpc) is 2.81. The molecule has 1 aromatic rings. The Balaban J connectivity index is 2.45. The second-order valence-corrected chi connectivity index (χ2v) is 5.43. The van der Waals surface area contributed by atoms with Gasteiger partial charge in [0.2, 0.25) is 0 Å². The van der Waals surface area contributed by atoms with E-state index in [4.69, 9.17) is 19.9 Å². The van der Waals surface area contributed by atoms with Crippen molar-refractivity contribution in [2.24, 2.45) is 5.73 Å². The van der Waals surface area contributed by atoms with E-state index < -0.39 is 11.5 Å². The largest absolute Gasteiger partial charge is 0.497 e. The summed E-state index contributed by atoms with van der Waals surface area (Å²) in [5, 5.41) is 0. The van der Waals surface area contributed by atoms with E-state index >= 15 is 0 Å². The van der Waals surface area contributed by atoms with Gasteiger partial charge in [-0.1, -0.05) is 0 Å². The lowest BCUT2D eigenvalue weighted by molar-refractivity contribution is -0.147. The summed E-state index contributed by atoms with van der Waals surface area (Å²) in [6.45, 7) is 1.12. The first-order chi connectivity index (χ1) is 9.94. The van der Waals surface area contributed by atoms with Gasteiger partial charge in [0, 0.05) is 25.1 Å². The Morgan fingerprint density at radius 1 is 1.24 bits per heavy atom. The number of ether oxygens (including phenoxy) is 3. The summed E-state index contributed by atoms with van der Waals surface area (Å²) in [5.74, 6) is 0.759. The second kappa shape index (κ2) is 5.91. The molecular weight excluding hydrogens is 272 g/mol. The summed E-state index contributed by atoms with van der Waals surface area (Å²) in [5.41, 5.74) is 6.20. The van der Waals surface area contributed by atoms with Gasteiger partial charge in [-0.15, -0.1) is 0 Å². The molecule has 6 heteroatoms. The zero-order chi connectivity index (χ0) is 15.6. The molecule has 0 aromatic heterocycles. The normalized spacial score (nSPS) is 25.7. The quantitative estimate of drug-likeness (QED) is 0.820. The molecule has 6 nitrogen and oxygen atoms in total. The number of nitrogens with two attached hydrogens (primary N) is 1. The predicted molar refractivity (Wildman–Crippen MR) is 78.7 cm³/mol. The maximum atomic E-state index is 12.1. The number of esters is 1. The molecule has 0 saturated carbocycles. The van der Waals surface area contributed by atoms with Crippen molar-refractivity contribution in [1.29, 1.82) is 0 Å². The van der Waals surface area contributed by atoms with Gasteiger partial charge in [-0.25, -0.2) is 4.79 Å². The Morgan fingerprint density at radius 3 is 2.29 bits per heavy atom. The highest BCUT2D eigenvalue weighted by molar-refractivity contribution is 5.83. The fraction of sp³-hybridized carbons (Fsp3) is 0.533. The standard InChI is InChI=1S/C15H22N2O4/c1-17-8-13(15(16,9-17)14(18)21-4)10-5-11(19-2)7-12(6-10)20-3/h5-7,13H,8-9,16H2,1-4H3/t13-,15-/m1/s1. The van der Waals surface area contributed by atoms with E-state index in [1.807, 2.05) is 24.1 Å². The van der Waals surface area contributed by atoms with E-state index in [-0.39, 0.29) is 5.92 Å². The molecule has 2 atom stereocenters. The van der Waals surface area contributed by atoms with Crippen molar-refractivity contribution in [3.63, 3.8) is 0 Å². The zero-order valence-corrected chi connectivity index (χ0v) is 12.9. The van der Waals surface area contributed by atoms with Crippen LogP contribution in [0.5, 0.6) is 11.5 Å². The number of rotatable bonds is 4. The van der Waals surface area contributed by atoms with Gasteiger partial charge in [-0.3, -0.25) is 0 Å². The molecule has 1 aliphatic heterocycles. The first-order valence-corrected chi connectivity index (χ1v) is 6.73. The zero-order valence-electron chi connectivity index (χ0n) is 12.9. The van der Waals surface area contributed by atoms with E-state index in [1.165, 1.54) is 7.11 Å². The SMILES string of the molecule is COC(=O)[C@@]1(N)CN(C)C[C@@H]1c1cc(OC)cc(OC)c1. The molecule has 2 rings (SSSR count). The van der Waals surface area contributed by atoms with Crippen LogP contribution in [-0.4, -0.2) is 57.9 Å². The van der Waals surface area contributed by atoms with Crippen LogP contribution in [0.1, 0.15) is 11.5 Å². The van der Waals surface area contributed by atoms with Gasteiger partial charge in [0.05, 0.1) is 21.3 Å². The summed E-state index contributed by atoms with van der Waals surface area (Å²) in [6.07, 6.45) is 0. The van der Waals surface area contributed by atoms with Crippen LogP contribution in [-0.2, 0) is 9.53 Å². The Morgan fingerprint density at radius 2 is 1.81 bits per heavy atom. The molecule has 116 valence electrons. The number of carbonyl (C=O) groups excluding carboxylic acids is 1. The molecule has 0 amide bonds. The summed E-state index contributed by atoms with van der Waals surface area (Å²) < 4.78 is 15.5. The summed E-state index contributed by atoms with van der Waals surface area (Å²) in [7, 11) is 6.48. The fourth-order valence-electron chi connectivity index (χ4n) is 2.93. The lowest BCUT2D eigenvalue weighted by Gasteiger charge is -2.28. The van der Waals surface area contributed by atoms with Gasteiger partial charge >= 0.3 is 5.97 Å². The summed E-state index contributed by atoms with van der Waals surface area (Å²) >= 11 is 0. The van der Waals surface area contributed by atoms with Crippen LogP contribution in [0.15, 0.2) is 18.2 Å². The second-order valence-electron chi connectivity index (χ2n) is 5.43. The highest BCUT2D eigenvalue weighted by Gasteiger charge is 2.50. The number of methoxy groups -OCH3 is 3. The first kappa shape index (κ1) is 15.6. The van der Waals surface area contributed by atoms with Crippen molar-refractivity contribution in [2.45, 2.75) is 11.5 Å². The van der Waals surface area contributed by atoms with Crippen LogP contribution in [0.2, 0.25) is 0 Å². The van der Waals surface area contributed by atoms with E-state index in [1.54, 1.807) is 20.3 Å². The van der Waals surface area contributed by atoms with Crippen LogP contribution in [0, 0.1) is 0 Å². The molecule has 0 unspecified atom stereocenters. The Hall–Kier alpha value is -1.79. The first-order valence-electron chi connectivity index (χ1n) is 6.73. The monoisotopic (exact) mass is 294 g/mol. The maximum Gasteiger partial charge on any atom is 0.327 e. The minimum atomic E-state index is -1.07. The van der Waals surface area contributed by atoms with Crippen molar-refractivity contribution in [3.8, 4) is 11.5 Å². The lowest BCUT2D eigenvalue weighted by Crippen LogP contribution is -2.54. The molecule has 0 bridgehead atoms. The molecule has 0 radical (unpaired) electrons. The van der Waals surface area contributed by atoms with Crippen LogP contribution >= 0.6 is 0 Å². The Kier molecular flexibility index (Phi) is 4.39. The number of likely N-dealkylation sites (N-methyl/N-ethyl adjacent to an activating group) is 1. The van der Waals surface area contributed by atoms with Gasteiger partial charge in [-0.05, 0) is 24.7 Å². The number of nitrogens with zero attached hydrogens (tertiary/aromatic N) is 1. The van der Waals surface area contributed by atoms with Gasteiger partial charge in [0.15, 0.2) is 0 Å². The van der Waals surface area contributed by atoms with Crippen molar-refractivity contribution in [3.05, 3.63) is 23.8 Å². The van der Waals surface area contributed by atoms with E-state index in [2.05, 4.69) is 0 Å². The molecular formula is C15H22N2O4.